The molecule has 0 radical (unpaired) electrons. The standard InChI is InChI=1S/C42H68N2O12/c1-21-18-40(8,9)36(56-39-32(46)29(17-22(2)52-39)44(11)20-28-13-15-43-16-14-28)24(4)33(54-30-19-41(10,51-12)35(48)27(7)53-30)25(5)38(49)55-37-26(6)42(37,50)34(47)23(3)31(21)45/h13-16,21-27,29-30,32-37,39,46-48,50H,17-20H2,1-12H3/t21-,22-,23+,24+,25-,26?,27+,29+,30+,32-,33+,34-,35+,36-,37-,39+,41-,42+/m1/s1. The van der Waals surface area contributed by atoms with E-state index in [1.807, 2.05) is 53.8 Å². The van der Waals surface area contributed by atoms with Gasteiger partial charge in [-0.25, -0.2) is 0 Å². The van der Waals surface area contributed by atoms with Crippen molar-refractivity contribution in [2.45, 2.75) is 174 Å². The summed E-state index contributed by atoms with van der Waals surface area (Å²) in [7, 11) is 3.47. The van der Waals surface area contributed by atoms with Crippen molar-refractivity contribution in [2.24, 2.45) is 35.0 Å². The first-order valence-electron chi connectivity index (χ1n) is 20.3. The first-order valence-corrected chi connectivity index (χ1v) is 20.3. The number of nitrogens with zero attached hydrogens (tertiary/aromatic N) is 2. The molecule has 318 valence electrons. The van der Waals surface area contributed by atoms with Gasteiger partial charge in [-0.3, -0.25) is 19.5 Å². The third kappa shape index (κ3) is 8.90. The van der Waals surface area contributed by atoms with Gasteiger partial charge in [0.25, 0.3) is 0 Å². The number of fused-ring (bicyclic) bond motifs is 1. The first-order chi connectivity index (χ1) is 26.1. The molecule has 4 aliphatic rings. The van der Waals surface area contributed by atoms with E-state index < -0.39 is 107 Å². The number of ketones is 1. The van der Waals surface area contributed by atoms with Crippen LogP contribution in [-0.2, 0) is 44.6 Å². The van der Waals surface area contributed by atoms with Crippen LogP contribution in [0.1, 0.15) is 94.1 Å². The average molecular weight is 793 g/mol. The Morgan fingerprint density at radius 2 is 1.55 bits per heavy atom. The van der Waals surface area contributed by atoms with Crippen molar-refractivity contribution in [3.8, 4) is 0 Å². The van der Waals surface area contributed by atoms with E-state index >= 15 is 0 Å². The molecule has 4 N–H and O–H groups in total. The Morgan fingerprint density at radius 3 is 2.18 bits per heavy atom. The maximum absolute atomic E-state index is 14.1. The molecule has 1 aromatic heterocycles. The SMILES string of the molecule is CO[C@]1(C)C[C@H](O[C@H]2[C@H](C)[C@@H](O[C@@H]3O[C@H](C)C[C@H](N(C)Cc4ccncc4)[C@H]3O)C(C)(C)C[C@@H](C)C(=O)[C@H](C)[C@@H](O)[C@@]3(O)C(C)[C@H]3OC(=O)[C@@H]2C)O[C@@H](C)[C@@H]1O. The third-order valence-electron chi connectivity index (χ3n) is 13.5. The summed E-state index contributed by atoms with van der Waals surface area (Å²) >= 11 is 0. The second kappa shape index (κ2) is 17.2. The largest absolute Gasteiger partial charge is 0.458 e. The zero-order chi connectivity index (χ0) is 41.7. The van der Waals surface area contributed by atoms with Crippen LogP contribution in [0.5, 0.6) is 0 Å². The maximum atomic E-state index is 14.1. The van der Waals surface area contributed by atoms with Gasteiger partial charge in [-0.1, -0.05) is 41.5 Å². The minimum Gasteiger partial charge on any atom is -0.458 e. The fraction of sp³-hybridized carbons (Fsp3) is 0.833. The van der Waals surface area contributed by atoms with E-state index in [1.165, 1.54) is 7.11 Å². The molecule has 0 bridgehead atoms. The molecule has 5 rings (SSSR count). The molecule has 18 atom stereocenters. The van der Waals surface area contributed by atoms with Crippen LogP contribution in [0.2, 0.25) is 0 Å². The van der Waals surface area contributed by atoms with Crippen LogP contribution in [0.4, 0.5) is 0 Å². The van der Waals surface area contributed by atoms with Crippen molar-refractivity contribution in [1.82, 2.24) is 9.88 Å². The van der Waals surface area contributed by atoms with Gasteiger partial charge in [0.05, 0.1) is 42.0 Å². The third-order valence-corrected chi connectivity index (χ3v) is 13.5. The van der Waals surface area contributed by atoms with Crippen LogP contribution < -0.4 is 0 Å². The second-order valence-corrected chi connectivity index (χ2v) is 18.4. The molecule has 14 nitrogen and oxygen atoms in total. The number of aliphatic hydroxyl groups is 4. The summed E-state index contributed by atoms with van der Waals surface area (Å²) in [5, 5.41) is 45.9. The van der Waals surface area contributed by atoms with E-state index in [9.17, 15) is 30.0 Å². The van der Waals surface area contributed by atoms with Crippen LogP contribution in [0.3, 0.4) is 0 Å². The van der Waals surface area contributed by atoms with Crippen LogP contribution >= 0.6 is 0 Å². The number of aliphatic hydroxyl groups excluding tert-OH is 3. The molecule has 1 saturated carbocycles. The van der Waals surface area contributed by atoms with Crippen LogP contribution in [0.15, 0.2) is 24.5 Å². The van der Waals surface area contributed by atoms with Gasteiger partial charge in [-0.15, -0.1) is 0 Å². The summed E-state index contributed by atoms with van der Waals surface area (Å²) in [6, 6.07) is 3.54. The van der Waals surface area contributed by atoms with Gasteiger partial charge >= 0.3 is 5.97 Å². The minimum atomic E-state index is -1.79. The first kappa shape index (κ1) is 45.0. The summed E-state index contributed by atoms with van der Waals surface area (Å²) in [5.41, 5.74) is -2.58. The van der Waals surface area contributed by atoms with Crippen molar-refractivity contribution in [2.75, 3.05) is 14.2 Å². The van der Waals surface area contributed by atoms with Crippen LogP contribution in [0.25, 0.3) is 0 Å². The molecule has 0 amide bonds. The molecule has 4 fully saturated rings. The number of aromatic nitrogens is 1. The number of hydrogen-bond acceptors (Lipinski definition) is 14. The number of hydrogen-bond donors (Lipinski definition) is 4. The maximum Gasteiger partial charge on any atom is 0.311 e. The molecule has 0 spiro atoms. The van der Waals surface area contributed by atoms with E-state index in [2.05, 4.69) is 9.88 Å². The van der Waals surface area contributed by atoms with Gasteiger partial charge in [0.15, 0.2) is 12.6 Å². The second-order valence-electron chi connectivity index (χ2n) is 18.4. The fourth-order valence-corrected chi connectivity index (χ4v) is 9.82. The number of pyridine rings is 1. The van der Waals surface area contributed by atoms with Crippen molar-refractivity contribution < 1.29 is 58.4 Å². The Kier molecular flexibility index (Phi) is 13.8. The highest BCUT2D eigenvalue weighted by molar-refractivity contribution is 5.83. The summed E-state index contributed by atoms with van der Waals surface area (Å²) in [5.74, 6) is -4.60. The van der Waals surface area contributed by atoms with Crippen molar-refractivity contribution >= 4 is 11.8 Å². The highest BCUT2D eigenvalue weighted by Gasteiger charge is 2.70. The highest BCUT2D eigenvalue weighted by Crippen LogP contribution is 2.52. The van der Waals surface area contributed by atoms with Gasteiger partial charge in [-0.05, 0) is 70.7 Å². The van der Waals surface area contributed by atoms with Crippen LogP contribution in [0, 0.1) is 35.0 Å². The van der Waals surface area contributed by atoms with E-state index in [-0.39, 0.29) is 24.3 Å². The summed E-state index contributed by atoms with van der Waals surface area (Å²) in [6.07, 6.45) is -4.68. The lowest BCUT2D eigenvalue weighted by atomic mass is 9.69. The number of carbonyl (C=O) groups is 2. The molecule has 1 unspecified atom stereocenters. The number of carbonyl (C=O) groups excluding carboxylic acids is 2. The smallest absolute Gasteiger partial charge is 0.311 e. The Morgan fingerprint density at radius 1 is 0.911 bits per heavy atom. The topological polar surface area (TPSA) is 187 Å². The number of methoxy groups -OCH3 is 1. The fourth-order valence-electron chi connectivity index (χ4n) is 9.82. The molecular weight excluding hydrogens is 724 g/mol. The minimum absolute atomic E-state index is 0.150. The predicted octanol–water partition coefficient (Wildman–Crippen LogP) is 3.25. The monoisotopic (exact) mass is 792 g/mol. The lowest BCUT2D eigenvalue weighted by Gasteiger charge is -2.49. The van der Waals surface area contributed by atoms with E-state index in [1.54, 1.807) is 47.0 Å². The van der Waals surface area contributed by atoms with Gasteiger partial charge in [0, 0.05) is 62.2 Å². The molecule has 56 heavy (non-hydrogen) atoms. The highest BCUT2D eigenvalue weighted by atomic mass is 16.7. The number of rotatable bonds is 8. The Balaban J connectivity index is 1.53. The molecule has 0 aromatic carbocycles. The average Bonchev–Trinajstić information content (AvgIpc) is 3.68. The molecule has 1 aliphatic carbocycles. The summed E-state index contributed by atoms with van der Waals surface area (Å²) in [4.78, 5) is 34.3. The number of ether oxygens (including phenoxy) is 6. The zero-order valence-corrected chi connectivity index (χ0v) is 35.3. The van der Waals surface area contributed by atoms with Crippen molar-refractivity contribution in [3.63, 3.8) is 0 Å². The molecular formula is C42H68N2O12. The van der Waals surface area contributed by atoms with Gasteiger partial charge in [0.1, 0.15) is 29.7 Å². The van der Waals surface area contributed by atoms with E-state index in [4.69, 9.17) is 28.4 Å². The summed E-state index contributed by atoms with van der Waals surface area (Å²) < 4.78 is 38.0. The van der Waals surface area contributed by atoms with Gasteiger partial charge < -0.3 is 48.8 Å². The predicted molar refractivity (Wildman–Crippen MR) is 205 cm³/mol. The molecule has 1 aromatic rings. The Bertz CT molecular complexity index is 1500. The number of esters is 1. The molecule has 4 heterocycles. The zero-order valence-electron chi connectivity index (χ0n) is 35.3. The van der Waals surface area contributed by atoms with Crippen molar-refractivity contribution in [3.05, 3.63) is 30.1 Å². The van der Waals surface area contributed by atoms with Gasteiger partial charge in [0.2, 0.25) is 0 Å². The lowest BCUT2D eigenvalue weighted by molar-refractivity contribution is -0.313. The van der Waals surface area contributed by atoms with E-state index in [0.29, 0.717) is 19.4 Å². The van der Waals surface area contributed by atoms with Gasteiger partial charge in [-0.2, -0.15) is 0 Å². The van der Waals surface area contributed by atoms with Crippen molar-refractivity contribution in [1.29, 1.82) is 0 Å². The normalized spacial score (nSPS) is 46.4. The number of likely N-dealkylation sites (N-methyl/N-ethyl adjacent to an activating group) is 1. The Labute approximate surface area is 332 Å². The number of Topliss-reactive ketones (excluding diaryl/α,β-unsaturated/α-hetero) is 1. The lowest BCUT2D eigenvalue weighted by Crippen LogP contribution is -2.59. The molecule has 3 aliphatic heterocycles. The quantitative estimate of drug-likeness (QED) is 0.281. The summed E-state index contributed by atoms with van der Waals surface area (Å²) in [6.45, 7) is 18.6. The Hall–Kier alpha value is -2.11. The molecule has 3 saturated heterocycles. The van der Waals surface area contributed by atoms with Crippen LogP contribution in [-0.4, -0.2) is 135 Å². The molecule has 14 heteroatoms. The van der Waals surface area contributed by atoms with E-state index in [0.717, 1.165) is 5.56 Å².